The van der Waals surface area contributed by atoms with Gasteiger partial charge in [-0.3, -0.25) is 9.55 Å². The Morgan fingerprint density at radius 2 is 1.74 bits per heavy atom. The van der Waals surface area contributed by atoms with Gasteiger partial charge in [-0.05, 0) is 48.9 Å². The van der Waals surface area contributed by atoms with E-state index in [9.17, 15) is 0 Å². The third-order valence-electron chi connectivity index (χ3n) is 4.13. The number of hydrogen-bond donors (Lipinski definition) is 0. The summed E-state index contributed by atoms with van der Waals surface area (Å²) < 4.78 is 3.18. The summed E-state index contributed by atoms with van der Waals surface area (Å²) in [6, 6.07) is 20.7. The van der Waals surface area contributed by atoms with Gasteiger partial charge in [-0.1, -0.05) is 57.5 Å². The van der Waals surface area contributed by atoms with E-state index in [0.717, 1.165) is 32.5 Å². The first kappa shape index (κ1) is 17.9. The van der Waals surface area contributed by atoms with Gasteiger partial charge >= 0.3 is 0 Å². The number of benzene rings is 2. The molecule has 0 unspecified atom stereocenters. The van der Waals surface area contributed by atoms with Crippen LogP contribution in [-0.4, -0.2) is 19.7 Å². The maximum atomic E-state index is 4.46. The third kappa shape index (κ3) is 4.12. The van der Waals surface area contributed by atoms with Crippen LogP contribution in [0.2, 0.25) is 0 Å². The summed E-state index contributed by atoms with van der Waals surface area (Å²) in [5.41, 5.74) is 4.45. The highest BCUT2D eigenvalue weighted by Crippen LogP contribution is 2.29. The van der Waals surface area contributed by atoms with E-state index in [4.69, 9.17) is 0 Å². The highest BCUT2D eigenvalue weighted by molar-refractivity contribution is 9.10. The normalized spacial score (nSPS) is 10.9. The van der Waals surface area contributed by atoms with Crippen LogP contribution in [0.1, 0.15) is 11.1 Å². The van der Waals surface area contributed by atoms with Crippen LogP contribution >= 0.6 is 27.7 Å². The first-order valence-corrected chi connectivity index (χ1v) is 10.3. The van der Waals surface area contributed by atoms with E-state index in [-0.39, 0.29) is 0 Å². The van der Waals surface area contributed by atoms with E-state index in [2.05, 4.69) is 91.1 Å². The molecule has 0 spiro atoms. The Morgan fingerprint density at radius 1 is 0.963 bits per heavy atom. The molecular formula is C21H17BrN4S. The maximum Gasteiger partial charge on any atom is 0.196 e. The average Bonchev–Trinajstić information content (AvgIpc) is 3.13. The number of pyridine rings is 1. The van der Waals surface area contributed by atoms with Crippen molar-refractivity contribution >= 4 is 27.7 Å². The second-order valence-corrected chi connectivity index (χ2v) is 7.99. The summed E-state index contributed by atoms with van der Waals surface area (Å²) in [5, 5.41) is 9.78. The quantitative estimate of drug-likeness (QED) is 0.376. The minimum Gasteiger partial charge on any atom is -0.270 e. The van der Waals surface area contributed by atoms with Gasteiger partial charge in [-0.15, -0.1) is 10.2 Å². The van der Waals surface area contributed by atoms with Crippen molar-refractivity contribution in [3.63, 3.8) is 0 Å². The molecule has 134 valence electrons. The summed E-state index contributed by atoms with van der Waals surface area (Å²) in [6.45, 7) is 2.08. The van der Waals surface area contributed by atoms with Crippen molar-refractivity contribution in [3.05, 3.63) is 88.7 Å². The Labute approximate surface area is 170 Å². The molecule has 2 aromatic heterocycles. The zero-order chi connectivity index (χ0) is 18.6. The van der Waals surface area contributed by atoms with Crippen molar-refractivity contribution in [2.24, 2.45) is 0 Å². The Hall–Kier alpha value is -2.44. The molecule has 0 amide bonds. The number of halogens is 1. The molecule has 0 fully saturated rings. The monoisotopic (exact) mass is 436 g/mol. The van der Waals surface area contributed by atoms with Crippen molar-refractivity contribution in [3.8, 4) is 17.1 Å². The SMILES string of the molecule is Cc1ccc(-n2c(SCc3ccc(Br)cc3)nnc2-c2cccnc2)cc1. The number of aryl methyl sites for hydroxylation is 1. The zero-order valence-corrected chi connectivity index (χ0v) is 17.1. The van der Waals surface area contributed by atoms with E-state index in [0.29, 0.717) is 0 Å². The lowest BCUT2D eigenvalue weighted by atomic mass is 10.2. The lowest BCUT2D eigenvalue weighted by Gasteiger charge is -2.10. The molecule has 0 aliphatic heterocycles. The van der Waals surface area contributed by atoms with E-state index in [1.165, 1.54) is 11.1 Å². The molecule has 4 nitrogen and oxygen atoms in total. The fourth-order valence-corrected chi connectivity index (χ4v) is 3.87. The van der Waals surface area contributed by atoms with Crippen molar-refractivity contribution in [1.29, 1.82) is 0 Å². The molecule has 0 atom stereocenters. The summed E-state index contributed by atoms with van der Waals surface area (Å²) >= 11 is 5.15. The average molecular weight is 437 g/mol. The predicted molar refractivity (Wildman–Crippen MR) is 113 cm³/mol. The van der Waals surface area contributed by atoms with Crippen LogP contribution in [0.5, 0.6) is 0 Å². The van der Waals surface area contributed by atoms with Gasteiger partial charge in [-0.25, -0.2) is 0 Å². The Morgan fingerprint density at radius 3 is 2.44 bits per heavy atom. The largest absolute Gasteiger partial charge is 0.270 e. The molecule has 0 aliphatic rings. The van der Waals surface area contributed by atoms with Crippen molar-refractivity contribution < 1.29 is 0 Å². The van der Waals surface area contributed by atoms with Gasteiger partial charge in [0.25, 0.3) is 0 Å². The van der Waals surface area contributed by atoms with E-state index >= 15 is 0 Å². The Bertz CT molecular complexity index is 1030. The standard InChI is InChI=1S/C21H17BrN4S/c1-15-4-10-19(11-5-15)26-20(17-3-2-12-23-13-17)24-25-21(26)27-14-16-6-8-18(22)9-7-16/h2-13H,14H2,1H3. The van der Waals surface area contributed by atoms with Crippen LogP contribution in [0.25, 0.3) is 17.1 Å². The maximum absolute atomic E-state index is 4.46. The van der Waals surface area contributed by atoms with E-state index in [1.54, 1.807) is 18.0 Å². The fraction of sp³-hybridized carbons (Fsp3) is 0.0952. The first-order valence-electron chi connectivity index (χ1n) is 8.51. The van der Waals surface area contributed by atoms with Gasteiger partial charge < -0.3 is 0 Å². The predicted octanol–water partition coefficient (Wildman–Crippen LogP) is 5.69. The molecule has 4 rings (SSSR count). The summed E-state index contributed by atoms with van der Waals surface area (Å²) in [6.07, 6.45) is 3.58. The van der Waals surface area contributed by atoms with Crippen LogP contribution in [0, 0.1) is 6.92 Å². The number of nitrogens with zero attached hydrogens (tertiary/aromatic N) is 4. The van der Waals surface area contributed by atoms with Gasteiger partial charge in [0, 0.05) is 33.9 Å². The van der Waals surface area contributed by atoms with Crippen molar-refractivity contribution in [1.82, 2.24) is 19.7 Å². The molecular weight excluding hydrogens is 420 g/mol. The number of thioether (sulfide) groups is 1. The van der Waals surface area contributed by atoms with Crippen LogP contribution in [0.3, 0.4) is 0 Å². The van der Waals surface area contributed by atoms with Crippen LogP contribution in [-0.2, 0) is 5.75 Å². The molecule has 0 radical (unpaired) electrons. The van der Waals surface area contributed by atoms with Gasteiger partial charge in [0.2, 0.25) is 0 Å². The van der Waals surface area contributed by atoms with E-state index < -0.39 is 0 Å². The molecule has 27 heavy (non-hydrogen) atoms. The molecule has 0 bridgehead atoms. The van der Waals surface area contributed by atoms with Crippen LogP contribution < -0.4 is 0 Å². The van der Waals surface area contributed by atoms with Gasteiger partial charge in [-0.2, -0.15) is 0 Å². The lowest BCUT2D eigenvalue weighted by Crippen LogP contribution is -2.00. The lowest BCUT2D eigenvalue weighted by molar-refractivity contribution is 0.885. The van der Waals surface area contributed by atoms with Crippen molar-refractivity contribution in [2.45, 2.75) is 17.8 Å². The smallest absolute Gasteiger partial charge is 0.196 e. The summed E-state index contributed by atoms with van der Waals surface area (Å²) in [7, 11) is 0. The highest BCUT2D eigenvalue weighted by Gasteiger charge is 2.16. The Balaban J connectivity index is 1.71. The summed E-state index contributed by atoms with van der Waals surface area (Å²) in [5.74, 6) is 1.62. The molecule has 0 N–H and O–H groups in total. The highest BCUT2D eigenvalue weighted by atomic mass is 79.9. The molecule has 4 aromatic rings. The Kier molecular flexibility index (Phi) is 5.36. The van der Waals surface area contributed by atoms with Crippen LogP contribution in [0.15, 0.2) is 82.7 Å². The van der Waals surface area contributed by atoms with Crippen molar-refractivity contribution in [2.75, 3.05) is 0 Å². The topological polar surface area (TPSA) is 43.6 Å². The summed E-state index contributed by atoms with van der Waals surface area (Å²) in [4.78, 5) is 4.23. The molecule has 2 heterocycles. The van der Waals surface area contributed by atoms with Gasteiger partial charge in [0.1, 0.15) is 0 Å². The molecule has 0 saturated carbocycles. The van der Waals surface area contributed by atoms with Crippen LogP contribution in [0.4, 0.5) is 0 Å². The van der Waals surface area contributed by atoms with Gasteiger partial charge in [0.15, 0.2) is 11.0 Å². The number of aromatic nitrogens is 4. The minimum atomic E-state index is 0.797. The second kappa shape index (κ2) is 8.06. The van der Waals surface area contributed by atoms with Gasteiger partial charge in [0.05, 0.1) is 0 Å². The zero-order valence-electron chi connectivity index (χ0n) is 14.7. The number of rotatable bonds is 5. The molecule has 0 aliphatic carbocycles. The number of hydrogen-bond acceptors (Lipinski definition) is 4. The van der Waals surface area contributed by atoms with E-state index in [1.807, 2.05) is 18.3 Å². The molecule has 2 aromatic carbocycles. The third-order valence-corrected chi connectivity index (χ3v) is 5.66. The molecule has 6 heteroatoms. The fourth-order valence-electron chi connectivity index (χ4n) is 2.70. The molecule has 0 saturated heterocycles. The second-order valence-electron chi connectivity index (χ2n) is 6.13. The minimum absolute atomic E-state index is 0.797. The first-order chi connectivity index (χ1) is 13.2.